The molecule has 8 nitrogen and oxygen atoms in total. The number of nitrogens with two attached hydrogens (primary N) is 1. The van der Waals surface area contributed by atoms with E-state index >= 15 is 0 Å². The molecular formula is C23H31BrN4O4. The number of carbonyl (C=O) groups excluding carboxylic acids is 2. The summed E-state index contributed by atoms with van der Waals surface area (Å²) in [5, 5.41) is 13.1. The number of urea groups is 1. The van der Waals surface area contributed by atoms with Gasteiger partial charge in [-0.1, -0.05) is 28.1 Å². The fourth-order valence-corrected chi connectivity index (χ4v) is 3.54. The van der Waals surface area contributed by atoms with Gasteiger partial charge in [0.05, 0.1) is 20.2 Å². The van der Waals surface area contributed by atoms with Crippen molar-refractivity contribution in [1.82, 2.24) is 9.80 Å². The number of halogens is 1. The molecule has 2 aromatic carbocycles. The van der Waals surface area contributed by atoms with Crippen LogP contribution in [0.5, 0.6) is 5.75 Å². The molecule has 174 valence electrons. The number of hydrogen-bond donors (Lipinski definition) is 3. The Bertz CT molecular complexity index is 875. The lowest BCUT2D eigenvalue weighted by molar-refractivity contribution is -0.126. The number of hydrogen-bond acceptors (Lipinski definition) is 6. The second kappa shape index (κ2) is 12.5. The molecule has 0 aliphatic heterocycles. The highest BCUT2D eigenvalue weighted by molar-refractivity contribution is 9.10. The summed E-state index contributed by atoms with van der Waals surface area (Å²) in [6.45, 7) is 0.535. The standard InChI is InChI=1S/C23H31BrN4O4/c1-27(2)13-17(16-4-6-18(24)7-5-16)14-28(15-22(30)21(29)12-25)23(31)26-19-8-10-20(32-3)11-9-19/h4-11,17,22,30H,12-15,25H2,1-3H3,(H,26,31)/t17-,22+/m0/s1. The van der Waals surface area contributed by atoms with Gasteiger partial charge < -0.3 is 30.7 Å². The molecule has 0 aliphatic rings. The first-order valence-corrected chi connectivity index (χ1v) is 11.0. The maximum absolute atomic E-state index is 13.1. The van der Waals surface area contributed by atoms with E-state index in [1.807, 2.05) is 43.3 Å². The minimum Gasteiger partial charge on any atom is -0.497 e. The van der Waals surface area contributed by atoms with E-state index in [0.29, 0.717) is 24.5 Å². The van der Waals surface area contributed by atoms with Crippen molar-refractivity contribution in [3.63, 3.8) is 0 Å². The Labute approximate surface area is 197 Å². The van der Waals surface area contributed by atoms with Gasteiger partial charge in [0.2, 0.25) is 0 Å². The SMILES string of the molecule is COc1ccc(NC(=O)N(C[C@H](CN(C)C)c2ccc(Br)cc2)C[C@@H](O)C(=O)CN)cc1. The summed E-state index contributed by atoms with van der Waals surface area (Å²) >= 11 is 3.45. The van der Waals surface area contributed by atoms with E-state index in [4.69, 9.17) is 10.5 Å². The van der Waals surface area contributed by atoms with E-state index in [1.54, 1.807) is 31.4 Å². The van der Waals surface area contributed by atoms with E-state index in [9.17, 15) is 14.7 Å². The molecular weight excluding hydrogens is 476 g/mol. The molecule has 2 aromatic rings. The third-order valence-electron chi connectivity index (χ3n) is 4.96. The summed E-state index contributed by atoms with van der Waals surface area (Å²) in [6.07, 6.45) is -1.36. The molecule has 0 unspecified atom stereocenters. The van der Waals surface area contributed by atoms with E-state index < -0.39 is 17.9 Å². The molecule has 0 bridgehead atoms. The highest BCUT2D eigenvalue weighted by Gasteiger charge is 2.26. The molecule has 0 aromatic heterocycles. The van der Waals surface area contributed by atoms with Crippen LogP contribution in [0.3, 0.4) is 0 Å². The van der Waals surface area contributed by atoms with E-state index in [2.05, 4.69) is 21.2 Å². The van der Waals surface area contributed by atoms with Crippen molar-refractivity contribution in [2.75, 3.05) is 52.7 Å². The summed E-state index contributed by atoms with van der Waals surface area (Å²) < 4.78 is 6.11. The topological polar surface area (TPSA) is 108 Å². The number of Topliss-reactive ketones (excluding diaryl/α,β-unsaturated/α-hetero) is 1. The van der Waals surface area contributed by atoms with Gasteiger partial charge >= 0.3 is 6.03 Å². The van der Waals surface area contributed by atoms with Gasteiger partial charge in [-0.25, -0.2) is 4.79 Å². The molecule has 2 amide bonds. The maximum Gasteiger partial charge on any atom is 0.321 e. The van der Waals surface area contributed by atoms with Crippen LogP contribution in [-0.4, -0.2) is 80.2 Å². The van der Waals surface area contributed by atoms with Gasteiger partial charge in [-0.3, -0.25) is 4.79 Å². The third-order valence-corrected chi connectivity index (χ3v) is 5.49. The zero-order valence-electron chi connectivity index (χ0n) is 18.6. The lowest BCUT2D eigenvalue weighted by atomic mass is 9.97. The monoisotopic (exact) mass is 506 g/mol. The van der Waals surface area contributed by atoms with Gasteiger partial charge in [0, 0.05) is 29.2 Å². The van der Waals surface area contributed by atoms with Crippen LogP contribution in [0.2, 0.25) is 0 Å². The number of nitrogens with zero attached hydrogens (tertiary/aromatic N) is 2. The number of ketones is 1. The van der Waals surface area contributed by atoms with Crippen molar-refractivity contribution in [3.8, 4) is 5.75 Å². The normalized spacial score (nSPS) is 12.8. The molecule has 0 heterocycles. The largest absolute Gasteiger partial charge is 0.497 e. The lowest BCUT2D eigenvalue weighted by Gasteiger charge is -2.31. The summed E-state index contributed by atoms with van der Waals surface area (Å²) in [7, 11) is 5.49. The number of aliphatic hydroxyl groups is 1. The summed E-state index contributed by atoms with van der Waals surface area (Å²) in [4.78, 5) is 28.5. The molecule has 0 saturated heterocycles. The van der Waals surface area contributed by atoms with Gasteiger partial charge in [-0.05, 0) is 56.1 Å². The Morgan fingerprint density at radius 3 is 2.22 bits per heavy atom. The number of benzene rings is 2. The average molecular weight is 507 g/mol. The van der Waals surface area contributed by atoms with Crippen LogP contribution in [0, 0.1) is 0 Å². The first kappa shape index (κ1) is 25.8. The second-order valence-corrected chi connectivity index (χ2v) is 8.68. The predicted octanol–water partition coefficient (Wildman–Crippen LogP) is 2.53. The zero-order chi connectivity index (χ0) is 23.7. The Morgan fingerprint density at radius 2 is 1.69 bits per heavy atom. The number of nitrogens with one attached hydrogen (secondary N) is 1. The third kappa shape index (κ3) is 7.90. The van der Waals surface area contributed by atoms with Crippen LogP contribution in [0.15, 0.2) is 53.0 Å². The molecule has 4 N–H and O–H groups in total. The van der Waals surface area contributed by atoms with Crippen molar-refractivity contribution in [3.05, 3.63) is 58.6 Å². The fourth-order valence-electron chi connectivity index (χ4n) is 3.27. The van der Waals surface area contributed by atoms with Crippen LogP contribution >= 0.6 is 15.9 Å². The number of rotatable bonds is 11. The number of carbonyl (C=O) groups is 2. The van der Waals surface area contributed by atoms with Crippen LogP contribution in [0.1, 0.15) is 11.5 Å². The van der Waals surface area contributed by atoms with Crippen molar-refractivity contribution in [2.45, 2.75) is 12.0 Å². The number of likely N-dealkylation sites (N-methyl/N-ethyl adjacent to an activating group) is 1. The van der Waals surface area contributed by atoms with Gasteiger partial charge in [-0.15, -0.1) is 0 Å². The van der Waals surface area contributed by atoms with Gasteiger partial charge in [0.15, 0.2) is 5.78 Å². The summed E-state index contributed by atoms with van der Waals surface area (Å²) in [5.74, 6) is 0.116. The Hall–Kier alpha value is -2.46. The zero-order valence-corrected chi connectivity index (χ0v) is 20.2. The van der Waals surface area contributed by atoms with E-state index in [1.165, 1.54) is 4.90 Å². The summed E-state index contributed by atoms with van der Waals surface area (Å²) in [5.41, 5.74) is 7.02. The molecule has 0 aliphatic carbocycles. The highest BCUT2D eigenvalue weighted by atomic mass is 79.9. The number of ether oxygens (including phenoxy) is 1. The molecule has 2 rings (SSSR count). The minimum atomic E-state index is -1.36. The molecule has 0 spiro atoms. The quantitative estimate of drug-likeness (QED) is 0.432. The number of anilines is 1. The van der Waals surface area contributed by atoms with E-state index in [0.717, 1.165) is 10.0 Å². The highest BCUT2D eigenvalue weighted by Crippen LogP contribution is 2.22. The maximum atomic E-state index is 13.1. The Morgan fingerprint density at radius 1 is 1.06 bits per heavy atom. The van der Waals surface area contributed by atoms with Crippen molar-refractivity contribution in [2.24, 2.45) is 5.73 Å². The minimum absolute atomic E-state index is 0.0418. The first-order chi connectivity index (χ1) is 15.2. The smallest absolute Gasteiger partial charge is 0.321 e. The lowest BCUT2D eigenvalue weighted by Crippen LogP contribution is -2.46. The van der Waals surface area contributed by atoms with Crippen LogP contribution in [-0.2, 0) is 4.79 Å². The number of methoxy groups -OCH3 is 1. The number of aliphatic hydroxyl groups excluding tert-OH is 1. The van der Waals surface area contributed by atoms with Crippen molar-refractivity contribution < 1.29 is 19.4 Å². The average Bonchev–Trinajstić information content (AvgIpc) is 2.78. The molecule has 32 heavy (non-hydrogen) atoms. The second-order valence-electron chi connectivity index (χ2n) is 7.76. The van der Waals surface area contributed by atoms with Crippen LogP contribution < -0.4 is 15.8 Å². The Balaban J connectivity index is 2.26. The predicted molar refractivity (Wildman–Crippen MR) is 129 cm³/mol. The van der Waals surface area contributed by atoms with Gasteiger partial charge in [-0.2, -0.15) is 0 Å². The molecule has 2 atom stereocenters. The van der Waals surface area contributed by atoms with Gasteiger partial charge in [0.25, 0.3) is 0 Å². The molecule has 0 radical (unpaired) electrons. The fraction of sp³-hybridized carbons (Fsp3) is 0.391. The molecule has 9 heteroatoms. The first-order valence-electron chi connectivity index (χ1n) is 10.2. The molecule has 0 fully saturated rings. The Kier molecular flexibility index (Phi) is 10.1. The van der Waals surface area contributed by atoms with Crippen molar-refractivity contribution >= 4 is 33.4 Å². The van der Waals surface area contributed by atoms with Crippen molar-refractivity contribution in [1.29, 1.82) is 0 Å². The molecule has 0 saturated carbocycles. The van der Waals surface area contributed by atoms with E-state index in [-0.39, 0.29) is 19.0 Å². The number of amides is 2. The van der Waals surface area contributed by atoms with Gasteiger partial charge in [0.1, 0.15) is 11.9 Å². The summed E-state index contributed by atoms with van der Waals surface area (Å²) in [6, 6.07) is 14.4. The van der Waals surface area contributed by atoms with Crippen LogP contribution in [0.25, 0.3) is 0 Å². The van der Waals surface area contributed by atoms with Crippen LogP contribution in [0.4, 0.5) is 10.5 Å².